The molecule has 92 valence electrons. The molecule has 0 saturated carbocycles. The predicted octanol–water partition coefficient (Wildman–Crippen LogP) is 2.69. The Hall–Kier alpha value is -2.43. The van der Waals surface area contributed by atoms with Gasteiger partial charge in [-0.05, 0) is 18.2 Å². The van der Waals surface area contributed by atoms with Crippen molar-refractivity contribution in [1.82, 2.24) is 4.98 Å². The second-order valence-corrected chi connectivity index (χ2v) is 3.69. The van der Waals surface area contributed by atoms with Crippen LogP contribution in [-0.4, -0.2) is 16.5 Å². The fourth-order valence-corrected chi connectivity index (χ4v) is 1.52. The third-order valence-electron chi connectivity index (χ3n) is 2.37. The van der Waals surface area contributed by atoms with Crippen LogP contribution in [-0.2, 0) is 6.42 Å². The van der Waals surface area contributed by atoms with Crippen LogP contribution in [0.5, 0.6) is 11.6 Å². The third kappa shape index (κ3) is 3.28. The number of ether oxygens (including phenoxy) is 1. The zero-order valence-corrected chi connectivity index (χ0v) is 9.65. The second kappa shape index (κ2) is 5.77. The minimum Gasteiger partial charge on any atom is -0.439 e. The molecule has 0 radical (unpaired) electrons. The van der Waals surface area contributed by atoms with Crippen molar-refractivity contribution in [2.75, 3.05) is 6.54 Å². The van der Waals surface area contributed by atoms with Crippen molar-refractivity contribution in [3.63, 3.8) is 0 Å². The summed E-state index contributed by atoms with van der Waals surface area (Å²) in [6, 6.07) is 12.8. The maximum Gasteiger partial charge on any atom is 0.222 e. The van der Waals surface area contributed by atoms with E-state index in [1.165, 1.54) is 0 Å². The van der Waals surface area contributed by atoms with E-state index in [1.54, 1.807) is 18.3 Å². The molecule has 2 aromatic rings. The molecule has 1 aromatic carbocycles. The van der Waals surface area contributed by atoms with Crippen LogP contribution in [0, 0.1) is 10.1 Å². The van der Waals surface area contributed by atoms with E-state index in [-0.39, 0.29) is 11.5 Å². The van der Waals surface area contributed by atoms with Crippen LogP contribution in [0.1, 0.15) is 5.56 Å². The Bertz CT molecular complexity index is 529. The topological polar surface area (TPSA) is 65.3 Å². The van der Waals surface area contributed by atoms with Crippen LogP contribution >= 0.6 is 0 Å². The van der Waals surface area contributed by atoms with Gasteiger partial charge in [-0.15, -0.1) is 0 Å². The summed E-state index contributed by atoms with van der Waals surface area (Å²) in [5, 5.41) is 10.4. The zero-order chi connectivity index (χ0) is 12.8. The SMILES string of the molecule is O=[N+]([O-])CCc1cccnc1Oc1ccccc1. The first-order valence-corrected chi connectivity index (χ1v) is 5.54. The molecule has 5 nitrogen and oxygen atoms in total. The van der Waals surface area contributed by atoms with Crippen LogP contribution in [0.2, 0.25) is 0 Å². The summed E-state index contributed by atoms with van der Waals surface area (Å²) >= 11 is 0. The van der Waals surface area contributed by atoms with Crippen LogP contribution in [0.25, 0.3) is 0 Å². The average Bonchev–Trinajstić information content (AvgIpc) is 2.39. The van der Waals surface area contributed by atoms with Gasteiger partial charge in [-0.1, -0.05) is 24.3 Å². The van der Waals surface area contributed by atoms with Gasteiger partial charge in [0, 0.05) is 23.1 Å². The van der Waals surface area contributed by atoms with Gasteiger partial charge >= 0.3 is 0 Å². The van der Waals surface area contributed by atoms with Gasteiger partial charge < -0.3 is 4.74 Å². The number of benzene rings is 1. The first-order chi connectivity index (χ1) is 8.75. The zero-order valence-electron chi connectivity index (χ0n) is 9.65. The summed E-state index contributed by atoms with van der Waals surface area (Å²) in [5.41, 5.74) is 0.734. The highest BCUT2D eigenvalue weighted by Gasteiger charge is 2.08. The number of para-hydroxylation sites is 1. The predicted molar refractivity (Wildman–Crippen MR) is 66.3 cm³/mol. The Morgan fingerprint density at radius 2 is 1.94 bits per heavy atom. The van der Waals surface area contributed by atoms with Crippen LogP contribution in [0.15, 0.2) is 48.7 Å². The van der Waals surface area contributed by atoms with Crippen molar-refractivity contribution in [3.05, 3.63) is 64.3 Å². The molecule has 0 bridgehead atoms. The molecule has 1 heterocycles. The fraction of sp³-hybridized carbons (Fsp3) is 0.154. The number of hydrogen-bond donors (Lipinski definition) is 0. The molecule has 1 aromatic heterocycles. The lowest BCUT2D eigenvalue weighted by molar-refractivity contribution is -0.479. The highest BCUT2D eigenvalue weighted by atomic mass is 16.6. The van der Waals surface area contributed by atoms with Crippen molar-refractivity contribution in [1.29, 1.82) is 0 Å². The van der Waals surface area contributed by atoms with Crippen molar-refractivity contribution in [2.45, 2.75) is 6.42 Å². The molecule has 0 spiro atoms. The Balaban J connectivity index is 2.14. The largest absolute Gasteiger partial charge is 0.439 e. The third-order valence-corrected chi connectivity index (χ3v) is 2.37. The van der Waals surface area contributed by atoms with Gasteiger partial charge in [0.05, 0.1) is 0 Å². The van der Waals surface area contributed by atoms with Gasteiger partial charge in [-0.3, -0.25) is 10.1 Å². The minimum atomic E-state index is -0.348. The summed E-state index contributed by atoms with van der Waals surface area (Å²) in [6.45, 7) is -0.128. The maximum atomic E-state index is 10.4. The van der Waals surface area contributed by atoms with E-state index in [0.717, 1.165) is 5.56 Å². The van der Waals surface area contributed by atoms with E-state index in [9.17, 15) is 10.1 Å². The minimum absolute atomic E-state index is 0.128. The Kier molecular flexibility index (Phi) is 3.86. The average molecular weight is 244 g/mol. The van der Waals surface area contributed by atoms with Gasteiger partial charge in [0.1, 0.15) is 5.75 Å². The van der Waals surface area contributed by atoms with E-state index < -0.39 is 0 Å². The second-order valence-electron chi connectivity index (χ2n) is 3.69. The number of aromatic nitrogens is 1. The normalized spacial score (nSPS) is 10.0. The molecule has 0 aliphatic carbocycles. The molecule has 0 aliphatic heterocycles. The molecular weight excluding hydrogens is 232 g/mol. The molecule has 0 aliphatic rings. The highest BCUT2D eigenvalue weighted by Crippen LogP contribution is 2.22. The number of rotatable bonds is 5. The smallest absolute Gasteiger partial charge is 0.222 e. The van der Waals surface area contributed by atoms with Gasteiger partial charge in [-0.25, -0.2) is 4.98 Å². The molecule has 0 fully saturated rings. The van der Waals surface area contributed by atoms with E-state index in [4.69, 9.17) is 4.74 Å². The molecule has 2 rings (SSSR count). The lowest BCUT2D eigenvalue weighted by Gasteiger charge is -2.08. The van der Waals surface area contributed by atoms with Gasteiger partial charge in [0.2, 0.25) is 12.4 Å². The molecule has 0 atom stereocenters. The molecule has 0 N–H and O–H groups in total. The van der Waals surface area contributed by atoms with E-state index in [0.29, 0.717) is 18.1 Å². The van der Waals surface area contributed by atoms with Crippen LogP contribution in [0.4, 0.5) is 0 Å². The molecule has 0 unspecified atom stereocenters. The monoisotopic (exact) mass is 244 g/mol. The van der Waals surface area contributed by atoms with E-state index >= 15 is 0 Å². The number of nitro groups is 1. The summed E-state index contributed by atoms with van der Waals surface area (Å²) in [5.74, 6) is 1.09. The Morgan fingerprint density at radius 1 is 1.17 bits per heavy atom. The molecule has 5 heteroatoms. The molecule has 18 heavy (non-hydrogen) atoms. The standard InChI is InChI=1S/C13H12N2O3/c16-15(17)10-8-11-5-4-9-14-13(11)18-12-6-2-1-3-7-12/h1-7,9H,8,10H2. The first kappa shape index (κ1) is 12.0. The quantitative estimate of drug-likeness (QED) is 0.599. The van der Waals surface area contributed by atoms with Crippen LogP contribution < -0.4 is 4.74 Å². The van der Waals surface area contributed by atoms with Crippen molar-refractivity contribution in [2.24, 2.45) is 0 Å². The summed E-state index contributed by atoms with van der Waals surface area (Å²) in [7, 11) is 0. The summed E-state index contributed by atoms with van der Waals surface area (Å²) in [6.07, 6.45) is 1.91. The summed E-state index contributed by atoms with van der Waals surface area (Å²) in [4.78, 5) is 14.1. The molecule has 0 saturated heterocycles. The Morgan fingerprint density at radius 3 is 2.67 bits per heavy atom. The van der Waals surface area contributed by atoms with Crippen molar-refractivity contribution < 1.29 is 9.66 Å². The first-order valence-electron chi connectivity index (χ1n) is 5.54. The van der Waals surface area contributed by atoms with E-state index in [1.807, 2.05) is 30.3 Å². The number of nitrogens with zero attached hydrogens (tertiary/aromatic N) is 2. The summed E-state index contributed by atoms with van der Waals surface area (Å²) < 4.78 is 5.61. The fourth-order valence-electron chi connectivity index (χ4n) is 1.52. The number of hydrogen-bond acceptors (Lipinski definition) is 4. The van der Waals surface area contributed by atoms with Crippen molar-refractivity contribution >= 4 is 0 Å². The van der Waals surface area contributed by atoms with Gasteiger partial charge in [-0.2, -0.15) is 0 Å². The molecule has 0 amide bonds. The maximum absolute atomic E-state index is 10.4. The Labute approximate surface area is 104 Å². The highest BCUT2D eigenvalue weighted by molar-refractivity contribution is 5.32. The molecular formula is C13H12N2O3. The number of pyridine rings is 1. The van der Waals surface area contributed by atoms with Crippen LogP contribution in [0.3, 0.4) is 0 Å². The van der Waals surface area contributed by atoms with Crippen molar-refractivity contribution in [3.8, 4) is 11.6 Å². The van der Waals surface area contributed by atoms with E-state index in [2.05, 4.69) is 4.98 Å². The van der Waals surface area contributed by atoms with Gasteiger partial charge in [0.15, 0.2) is 0 Å². The van der Waals surface area contributed by atoms with Gasteiger partial charge in [0.25, 0.3) is 0 Å². The lowest BCUT2D eigenvalue weighted by Crippen LogP contribution is -2.05. The lowest BCUT2D eigenvalue weighted by atomic mass is 10.2.